The lowest BCUT2D eigenvalue weighted by Gasteiger charge is -2.38. The number of piperidine rings is 1. The van der Waals surface area contributed by atoms with Crippen molar-refractivity contribution in [2.75, 3.05) is 13.1 Å². The fraction of sp³-hybridized carbons (Fsp3) is 0.273. The number of amides is 1. The summed E-state index contributed by atoms with van der Waals surface area (Å²) in [6.45, 7) is 1.27. The number of likely N-dealkylation sites (tertiary alicyclic amines) is 1. The highest BCUT2D eigenvalue weighted by Crippen LogP contribution is 2.33. The minimum absolute atomic E-state index is 0.0310. The van der Waals surface area contributed by atoms with E-state index in [0.29, 0.717) is 23.7 Å². The number of primary amides is 1. The minimum atomic E-state index is -1.26. The molecule has 30 heavy (non-hydrogen) atoms. The number of nitriles is 1. The first kappa shape index (κ1) is 19.6. The third-order valence-corrected chi connectivity index (χ3v) is 5.52. The van der Waals surface area contributed by atoms with Gasteiger partial charge < -0.3 is 21.1 Å². The molecule has 2 atom stereocenters. The monoisotopic (exact) mass is 404 g/mol. The molecule has 2 aliphatic heterocycles. The first-order valence-electron chi connectivity index (χ1n) is 9.85. The molecule has 0 saturated carbocycles. The maximum Gasteiger partial charge on any atom is 0.248 e. The number of carbonyl (C=O) groups is 1. The molecule has 2 unspecified atom stereocenters. The molecule has 2 aliphatic rings. The van der Waals surface area contributed by atoms with E-state index in [1.54, 1.807) is 40.3 Å². The number of hydrazine groups is 1. The normalized spacial score (nSPS) is 23.6. The Balaban J connectivity index is 1.56. The number of nitrogens with one attached hydrogen (secondary N) is 1. The summed E-state index contributed by atoms with van der Waals surface area (Å²) in [5.41, 5.74) is 14.7. The summed E-state index contributed by atoms with van der Waals surface area (Å²) >= 11 is 0. The third kappa shape index (κ3) is 3.63. The molecular weight excluding hydrogens is 380 g/mol. The molecular formula is C22H24N6O2. The number of ether oxygens (including phenoxy) is 1. The van der Waals surface area contributed by atoms with Crippen molar-refractivity contribution >= 4 is 5.91 Å². The van der Waals surface area contributed by atoms with Gasteiger partial charge in [0.2, 0.25) is 5.91 Å². The highest BCUT2D eigenvalue weighted by Gasteiger charge is 2.45. The Hall–Kier alpha value is -3.70. The molecule has 0 bridgehead atoms. The number of hydrogen-bond acceptors (Lipinski definition) is 7. The molecule has 4 rings (SSSR count). The number of rotatable bonds is 5. The van der Waals surface area contributed by atoms with E-state index in [1.807, 2.05) is 30.3 Å². The van der Waals surface area contributed by atoms with Crippen LogP contribution in [0.5, 0.6) is 11.5 Å². The van der Waals surface area contributed by atoms with Gasteiger partial charge in [-0.3, -0.25) is 9.80 Å². The molecule has 8 heteroatoms. The van der Waals surface area contributed by atoms with Crippen LogP contribution in [0.1, 0.15) is 18.4 Å². The summed E-state index contributed by atoms with van der Waals surface area (Å²) in [6, 6.07) is 16.6. The topological polar surface area (TPSA) is 121 Å². The number of nitrogens with zero attached hydrogens (tertiary/aromatic N) is 3. The van der Waals surface area contributed by atoms with Crippen molar-refractivity contribution in [1.29, 1.82) is 5.26 Å². The van der Waals surface area contributed by atoms with Crippen molar-refractivity contribution in [3.63, 3.8) is 0 Å². The Kier molecular flexibility index (Phi) is 5.21. The van der Waals surface area contributed by atoms with E-state index >= 15 is 0 Å². The van der Waals surface area contributed by atoms with Gasteiger partial charge >= 0.3 is 0 Å². The summed E-state index contributed by atoms with van der Waals surface area (Å²) in [4.78, 5) is 14.2. The van der Waals surface area contributed by atoms with Crippen LogP contribution in [0.15, 0.2) is 66.5 Å². The quantitative estimate of drug-likeness (QED) is 0.649. The van der Waals surface area contributed by atoms with Crippen molar-refractivity contribution < 1.29 is 9.53 Å². The molecule has 2 aromatic rings. The zero-order chi connectivity index (χ0) is 21.1. The first-order chi connectivity index (χ1) is 14.5. The third-order valence-electron chi connectivity index (χ3n) is 5.52. The smallest absolute Gasteiger partial charge is 0.248 e. The Bertz CT molecular complexity index is 985. The molecule has 0 aromatic heterocycles. The Morgan fingerprint density at radius 3 is 2.53 bits per heavy atom. The van der Waals surface area contributed by atoms with Gasteiger partial charge in [0.05, 0.1) is 6.04 Å². The van der Waals surface area contributed by atoms with Gasteiger partial charge in [-0.1, -0.05) is 30.3 Å². The van der Waals surface area contributed by atoms with E-state index in [0.717, 1.165) is 25.1 Å². The summed E-state index contributed by atoms with van der Waals surface area (Å²) in [5.74, 6) is 1.23. The van der Waals surface area contributed by atoms with E-state index in [2.05, 4.69) is 11.6 Å². The summed E-state index contributed by atoms with van der Waals surface area (Å²) in [6.07, 6.45) is 5.57. The maximum absolute atomic E-state index is 12.5. The van der Waals surface area contributed by atoms with Crippen LogP contribution < -0.4 is 21.6 Å². The van der Waals surface area contributed by atoms with Crippen LogP contribution in [0.2, 0.25) is 0 Å². The molecule has 2 heterocycles. The SMILES string of the molecule is N#CN1CCCC(N2NC(C(N)=O)(c3ccc(Oc4ccccc4)cc3)C=C2N)C1. The molecule has 8 nitrogen and oxygen atoms in total. The van der Waals surface area contributed by atoms with Gasteiger partial charge in [0.1, 0.15) is 17.3 Å². The largest absolute Gasteiger partial charge is 0.457 e. The van der Waals surface area contributed by atoms with Gasteiger partial charge in [0.25, 0.3) is 0 Å². The van der Waals surface area contributed by atoms with Gasteiger partial charge in [-0.2, -0.15) is 5.26 Å². The van der Waals surface area contributed by atoms with Crippen LogP contribution in [0.25, 0.3) is 0 Å². The van der Waals surface area contributed by atoms with Crippen LogP contribution in [0.3, 0.4) is 0 Å². The fourth-order valence-corrected chi connectivity index (χ4v) is 3.96. The number of hydrogen-bond donors (Lipinski definition) is 3. The fourth-order valence-electron chi connectivity index (χ4n) is 3.96. The highest BCUT2D eigenvalue weighted by atomic mass is 16.5. The van der Waals surface area contributed by atoms with E-state index in [-0.39, 0.29) is 6.04 Å². The van der Waals surface area contributed by atoms with E-state index in [9.17, 15) is 10.1 Å². The number of benzene rings is 2. The Morgan fingerprint density at radius 2 is 1.87 bits per heavy atom. The molecule has 0 spiro atoms. The van der Waals surface area contributed by atoms with E-state index in [4.69, 9.17) is 16.2 Å². The van der Waals surface area contributed by atoms with Gasteiger partial charge in [-0.15, -0.1) is 0 Å². The van der Waals surface area contributed by atoms with Crippen LogP contribution >= 0.6 is 0 Å². The minimum Gasteiger partial charge on any atom is -0.457 e. The molecule has 5 N–H and O–H groups in total. The lowest BCUT2D eigenvalue weighted by molar-refractivity contribution is -0.124. The van der Waals surface area contributed by atoms with Crippen molar-refractivity contribution in [1.82, 2.24) is 15.3 Å². The molecule has 0 aliphatic carbocycles. The van der Waals surface area contributed by atoms with Crippen molar-refractivity contribution in [3.8, 4) is 17.7 Å². The lowest BCUT2D eigenvalue weighted by atomic mass is 9.90. The highest BCUT2D eigenvalue weighted by molar-refractivity contribution is 5.89. The van der Waals surface area contributed by atoms with Crippen molar-refractivity contribution in [2.24, 2.45) is 11.5 Å². The summed E-state index contributed by atoms with van der Waals surface area (Å²) in [5, 5.41) is 11.0. The molecule has 0 radical (unpaired) electrons. The number of para-hydroxylation sites is 1. The second-order valence-corrected chi connectivity index (χ2v) is 7.50. The average molecular weight is 404 g/mol. The standard InChI is InChI=1S/C22H24N6O2/c23-15-27-12-4-5-17(14-27)28-20(24)13-22(26-28,21(25)29)16-8-10-19(11-9-16)30-18-6-2-1-3-7-18/h1-3,6-11,13,17,26H,4-5,12,14,24H2,(H2,25,29). The van der Waals surface area contributed by atoms with E-state index < -0.39 is 11.4 Å². The van der Waals surface area contributed by atoms with E-state index in [1.165, 1.54) is 0 Å². The second-order valence-electron chi connectivity index (χ2n) is 7.50. The van der Waals surface area contributed by atoms with Gasteiger partial charge in [-0.25, -0.2) is 5.43 Å². The van der Waals surface area contributed by atoms with Crippen LogP contribution in [0.4, 0.5) is 0 Å². The summed E-state index contributed by atoms with van der Waals surface area (Å²) < 4.78 is 5.83. The zero-order valence-electron chi connectivity index (χ0n) is 16.5. The van der Waals surface area contributed by atoms with Gasteiger partial charge in [-0.05, 0) is 48.7 Å². The first-order valence-corrected chi connectivity index (χ1v) is 9.85. The van der Waals surface area contributed by atoms with Crippen LogP contribution in [-0.4, -0.2) is 34.9 Å². The number of nitrogens with two attached hydrogens (primary N) is 2. The molecule has 154 valence electrons. The molecule has 1 saturated heterocycles. The maximum atomic E-state index is 12.5. The van der Waals surface area contributed by atoms with Crippen molar-refractivity contribution in [2.45, 2.75) is 24.4 Å². The number of carbonyl (C=O) groups excluding carboxylic acids is 1. The second kappa shape index (κ2) is 7.97. The Morgan fingerprint density at radius 1 is 1.17 bits per heavy atom. The molecule has 2 aromatic carbocycles. The summed E-state index contributed by atoms with van der Waals surface area (Å²) in [7, 11) is 0. The van der Waals surface area contributed by atoms with Gasteiger partial charge in [0, 0.05) is 13.1 Å². The predicted molar refractivity (Wildman–Crippen MR) is 111 cm³/mol. The zero-order valence-corrected chi connectivity index (χ0v) is 16.5. The lowest BCUT2D eigenvalue weighted by Crippen LogP contribution is -2.58. The van der Waals surface area contributed by atoms with Crippen LogP contribution in [0, 0.1) is 11.5 Å². The van der Waals surface area contributed by atoms with Gasteiger partial charge in [0.15, 0.2) is 11.7 Å². The van der Waals surface area contributed by atoms with Crippen LogP contribution in [-0.2, 0) is 10.3 Å². The Labute approximate surface area is 175 Å². The molecule has 1 fully saturated rings. The predicted octanol–water partition coefficient (Wildman–Crippen LogP) is 1.73. The average Bonchev–Trinajstić information content (AvgIpc) is 3.14. The molecule has 1 amide bonds. The van der Waals surface area contributed by atoms with Crippen molar-refractivity contribution in [3.05, 3.63) is 72.1 Å².